The molecule has 0 spiro atoms. The van der Waals surface area contributed by atoms with Gasteiger partial charge in [-0.15, -0.1) is 0 Å². The number of hydrogen-bond acceptors (Lipinski definition) is 3. The highest BCUT2D eigenvalue weighted by atomic mass is 16.5. The Kier molecular flexibility index (Phi) is 7.01. The molecule has 0 aromatic carbocycles. The van der Waals surface area contributed by atoms with Crippen LogP contribution in [-0.2, 0) is 14.3 Å². The zero-order chi connectivity index (χ0) is 15.1. The van der Waals surface area contributed by atoms with Crippen molar-refractivity contribution in [3.8, 4) is 0 Å². The zero-order valence-electron chi connectivity index (χ0n) is 13.8. The van der Waals surface area contributed by atoms with Crippen molar-refractivity contribution in [2.24, 2.45) is 11.8 Å². The average Bonchev–Trinajstić information content (AvgIpc) is 2.82. The van der Waals surface area contributed by atoms with Crippen LogP contribution in [0.1, 0.15) is 78.1 Å². The smallest absolute Gasteiger partial charge is 0.308 e. The van der Waals surface area contributed by atoms with Crippen molar-refractivity contribution in [2.75, 3.05) is 6.61 Å². The maximum atomic E-state index is 12.1. The van der Waals surface area contributed by atoms with Crippen LogP contribution in [0.15, 0.2) is 0 Å². The van der Waals surface area contributed by atoms with E-state index in [0.29, 0.717) is 18.8 Å². The van der Waals surface area contributed by atoms with Gasteiger partial charge in [-0.25, -0.2) is 0 Å². The second-order valence-corrected chi connectivity index (χ2v) is 6.73. The Balaban J connectivity index is 1.83. The number of ether oxygens (including phenoxy) is 2. The molecule has 0 aromatic heterocycles. The summed E-state index contributed by atoms with van der Waals surface area (Å²) in [6, 6.07) is 0. The van der Waals surface area contributed by atoms with E-state index in [9.17, 15) is 4.79 Å². The molecule has 3 nitrogen and oxygen atoms in total. The van der Waals surface area contributed by atoms with Gasteiger partial charge in [-0.3, -0.25) is 4.79 Å². The summed E-state index contributed by atoms with van der Waals surface area (Å²) in [7, 11) is 0. The number of hydrogen-bond donors (Lipinski definition) is 0. The Morgan fingerprint density at radius 1 is 1.19 bits per heavy atom. The highest BCUT2D eigenvalue weighted by molar-refractivity contribution is 5.72. The number of rotatable bonds is 8. The molecule has 0 radical (unpaired) electrons. The Morgan fingerprint density at radius 2 is 2.05 bits per heavy atom. The molecule has 122 valence electrons. The summed E-state index contributed by atoms with van der Waals surface area (Å²) in [6.07, 6.45) is 12.5. The van der Waals surface area contributed by atoms with Crippen molar-refractivity contribution in [3.05, 3.63) is 0 Å². The molecule has 1 saturated carbocycles. The molecular weight excluding hydrogens is 264 g/mol. The van der Waals surface area contributed by atoms with Crippen LogP contribution in [0.4, 0.5) is 0 Å². The van der Waals surface area contributed by atoms with Gasteiger partial charge in [0.15, 0.2) is 0 Å². The van der Waals surface area contributed by atoms with Crippen molar-refractivity contribution in [2.45, 2.75) is 90.3 Å². The SMILES string of the molecule is CCCCC(CCC1OC2CCCC1CC2)C(=O)OCC. The van der Waals surface area contributed by atoms with Crippen molar-refractivity contribution in [1.29, 1.82) is 0 Å². The van der Waals surface area contributed by atoms with Crippen LogP contribution < -0.4 is 0 Å². The number of carbonyl (C=O) groups is 1. The van der Waals surface area contributed by atoms with E-state index in [-0.39, 0.29) is 11.9 Å². The summed E-state index contributed by atoms with van der Waals surface area (Å²) in [5.41, 5.74) is 0. The molecule has 3 heteroatoms. The minimum Gasteiger partial charge on any atom is -0.466 e. The van der Waals surface area contributed by atoms with E-state index in [1.165, 1.54) is 32.1 Å². The number of fused-ring (bicyclic) bond motifs is 4. The lowest BCUT2D eigenvalue weighted by molar-refractivity contribution is -0.149. The quantitative estimate of drug-likeness (QED) is 0.619. The van der Waals surface area contributed by atoms with Gasteiger partial charge in [-0.05, 0) is 57.8 Å². The van der Waals surface area contributed by atoms with E-state index in [0.717, 1.165) is 38.0 Å². The van der Waals surface area contributed by atoms with Gasteiger partial charge < -0.3 is 9.47 Å². The lowest BCUT2D eigenvalue weighted by Gasteiger charge is -2.34. The van der Waals surface area contributed by atoms with Crippen LogP contribution in [0, 0.1) is 11.8 Å². The molecule has 2 heterocycles. The molecule has 21 heavy (non-hydrogen) atoms. The molecule has 2 aliphatic heterocycles. The molecule has 4 atom stereocenters. The summed E-state index contributed by atoms with van der Waals surface area (Å²) in [4.78, 5) is 12.1. The van der Waals surface area contributed by atoms with E-state index in [4.69, 9.17) is 9.47 Å². The summed E-state index contributed by atoms with van der Waals surface area (Å²) >= 11 is 0. The topological polar surface area (TPSA) is 35.5 Å². The first-order valence-corrected chi connectivity index (χ1v) is 9.06. The molecule has 3 rings (SSSR count). The van der Waals surface area contributed by atoms with Crippen LogP contribution in [0.5, 0.6) is 0 Å². The van der Waals surface area contributed by atoms with Gasteiger partial charge in [0, 0.05) is 0 Å². The molecular formula is C18H32O3. The molecule has 2 bridgehead atoms. The first-order valence-electron chi connectivity index (χ1n) is 9.06. The highest BCUT2D eigenvalue weighted by Gasteiger charge is 2.34. The lowest BCUT2D eigenvalue weighted by Crippen LogP contribution is -2.33. The van der Waals surface area contributed by atoms with Gasteiger partial charge >= 0.3 is 5.97 Å². The Labute approximate surface area is 129 Å². The predicted octanol–water partition coefficient (Wildman–Crippen LogP) is 4.48. The van der Waals surface area contributed by atoms with Crippen molar-refractivity contribution < 1.29 is 14.3 Å². The first kappa shape index (κ1) is 16.8. The highest BCUT2D eigenvalue weighted by Crippen LogP contribution is 2.38. The van der Waals surface area contributed by atoms with Crippen LogP contribution in [-0.4, -0.2) is 24.8 Å². The molecule has 0 amide bonds. The van der Waals surface area contributed by atoms with Gasteiger partial charge in [0.1, 0.15) is 0 Å². The van der Waals surface area contributed by atoms with E-state index in [1.54, 1.807) is 0 Å². The number of carbonyl (C=O) groups excluding carboxylic acids is 1. The average molecular weight is 296 g/mol. The Hall–Kier alpha value is -0.570. The third-order valence-electron chi connectivity index (χ3n) is 5.18. The Morgan fingerprint density at radius 3 is 2.81 bits per heavy atom. The van der Waals surface area contributed by atoms with Gasteiger partial charge in [0.2, 0.25) is 0 Å². The van der Waals surface area contributed by atoms with Crippen LogP contribution in [0.2, 0.25) is 0 Å². The first-order chi connectivity index (χ1) is 10.2. The fraction of sp³-hybridized carbons (Fsp3) is 0.944. The molecule has 4 unspecified atom stereocenters. The fourth-order valence-corrected chi connectivity index (χ4v) is 3.92. The molecule has 1 aliphatic carbocycles. The summed E-state index contributed by atoms with van der Waals surface area (Å²) in [6.45, 7) is 4.56. The molecule has 3 aliphatic rings. The van der Waals surface area contributed by atoms with Gasteiger partial charge in [0.25, 0.3) is 0 Å². The molecule has 3 fully saturated rings. The minimum absolute atomic E-state index is 0.00438. The molecule has 0 aromatic rings. The van der Waals surface area contributed by atoms with Crippen molar-refractivity contribution in [3.63, 3.8) is 0 Å². The van der Waals surface area contributed by atoms with E-state index in [1.807, 2.05) is 6.92 Å². The number of unbranched alkanes of at least 4 members (excludes halogenated alkanes) is 1. The van der Waals surface area contributed by atoms with Crippen molar-refractivity contribution >= 4 is 5.97 Å². The van der Waals surface area contributed by atoms with Gasteiger partial charge in [0.05, 0.1) is 24.7 Å². The maximum Gasteiger partial charge on any atom is 0.308 e. The number of esters is 1. The summed E-state index contributed by atoms with van der Waals surface area (Å²) in [5, 5.41) is 0. The standard InChI is InChI=1S/C18H32O3/c1-3-5-7-15(18(19)20-4-2)11-13-17-14-8-6-9-16(21-17)12-10-14/h14-17H,3-13H2,1-2H3. The second kappa shape index (κ2) is 8.77. The zero-order valence-corrected chi connectivity index (χ0v) is 13.8. The third kappa shape index (κ3) is 4.98. The lowest BCUT2D eigenvalue weighted by atomic mass is 9.86. The summed E-state index contributed by atoms with van der Waals surface area (Å²) < 4.78 is 11.5. The molecule has 2 saturated heterocycles. The normalized spacial score (nSPS) is 29.9. The van der Waals surface area contributed by atoms with Crippen LogP contribution >= 0.6 is 0 Å². The van der Waals surface area contributed by atoms with E-state index >= 15 is 0 Å². The predicted molar refractivity (Wildman–Crippen MR) is 84.1 cm³/mol. The fourth-order valence-electron chi connectivity index (χ4n) is 3.92. The minimum atomic E-state index is 0.00438. The largest absolute Gasteiger partial charge is 0.466 e. The van der Waals surface area contributed by atoms with Crippen LogP contribution in [0.25, 0.3) is 0 Å². The summed E-state index contributed by atoms with van der Waals surface area (Å²) in [5.74, 6) is 0.817. The van der Waals surface area contributed by atoms with E-state index in [2.05, 4.69) is 6.92 Å². The third-order valence-corrected chi connectivity index (χ3v) is 5.18. The Bertz CT molecular complexity index is 312. The van der Waals surface area contributed by atoms with Gasteiger partial charge in [-0.2, -0.15) is 0 Å². The van der Waals surface area contributed by atoms with Crippen LogP contribution in [0.3, 0.4) is 0 Å². The maximum absolute atomic E-state index is 12.1. The molecule has 0 N–H and O–H groups in total. The van der Waals surface area contributed by atoms with Crippen molar-refractivity contribution in [1.82, 2.24) is 0 Å². The van der Waals surface area contributed by atoms with E-state index < -0.39 is 0 Å². The second-order valence-electron chi connectivity index (χ2n) is 6.73. The monoisotopic (exact) mass is 296 g/mol. The van der Waals surface area contributed by atoms with Gasteiger partial charge in [-0.1, -0.05) is 26.2 Å².